The Morgan fingerprint density at radius 1 is 1.07 bits per heavy atom. The first-order valence-electron chi connectivity index (χ1n) is 3.91. The molecule has 2 N–H and O–H groups in total. The molecule has 0 saturated heterocycles. The summed E-state index contributed by atoms with van der Waals surface area (Å²) in [5, 5.41) is 4.66. The summed E-state index contributed by atoms with van der Waals surface area (Å²) >= 11 is 0. The van der Waals surface area contributed by atoms with Gasteiger partial charge in [0.1, 0.15) is 18.5 Å². The number of anilines is 1. The van der Waals surface area contributed by atoms with Crippen molar-refractivity contribution in [3.05, 3.63) is 18.9 Å². The van der Waals surface area contributed by atoms with Gasteiger partial charge in [-0.3, -0.25) is 0 Å². The van der Waals surface area contributed by atoms with Gasteiger partial charge in [-0.15, -0.1) is 0 Å². The first-order chi connectivity index (χ1) is 6.86. The third kappa shape index (κ3) is 0.777. The molecule has 3 rings (SSSR count). The minimum absolute atomic E-state index is 0.389. The Morgan fingerprint density at radius 2 is 2.00 bits per heavy atom. The lowest BCUT2D eigenvalue weighted by Gasteiger charge is -1.99. The molecule has 0 atom stereocenters. The molecule has 14 heavy (non-hydrogen) atoms. The van der Waals surface area contributed by atoms with Crippen LogP contribution in [0.25, 0.3) is 16.8 Å². The highest BCUT2D eigenvalue weighted by Gasteiger charge is 2.06. The summed E-state index contributed by atoms with van der Waals surface area (Å²) in [5.41, 5.74) is 6.27. The Kier molecular flexibility index (Phi) is 1.19. The third-order valence-corrected chi connectivity index (χ3v) is 1.93. The standard InChI is InChI=1S/C7H5N7/c8-5-4-1-9-7-12-3-13-14(7)6(4)11-2-10-5/h1-3H,(H2,8,10,11). The molecule has 0 fully saturated rings. The average Bonchev–Trinajstić information content (AvgIpc) is 2.66. The minimum atomic E-state index is 0.389. The molecule has 0 spiro atoms. The van der Waals surface area contributed by atoms with Crippen molar-refractivity contribution in [1.29, 1.82) is 0 Å². The second kappa shape index (κ2) is 2.34. The fourth-order valence-corrected chi connectivity index (χ4v) is 1.29. The number of rotatable bonds is 0. The zero-order valence-corrected chi connectivity index (χ0v) is 6.99. The average molecular weight is 187 g/mol. The summed E-state index contributed by atoms with van der Waals surface area (Å²) in [4.78, 5) is 15.9. The zero-order valence-electron chi connectivity index (χ0n) is 6.99. The molecule has 7 heteroatoms. The summed E-state index contributed by atoms with van der Waals surface area (Å²) in [6.45, 7) is 0. The van der Waals surface area contributed by atoms with Crippen LogP contribution in [-0.4, -0.2) is 29.5 Å². The van der Waals surface area contributed by atoms with Crippen molar-refractivity contribution in [3.63, 3.8) is 0 Å². The van der Waals surface area contributed by atoms with Crippen LogP contribution < -0.4 is 5.73 Å². The number of nitrogen functional groups attached to an aromatic ring is 1. The number of fused-ring (bicyclic) bond motifs is 3. The van der Waals surface area contributed by atoms with E-state index in [9.17, 15) is 0 Å². The molecule has 0 radical (unpaired) electrons. The van der Waals surface area contributed by atoms with E-state index in [-0.39, 0.29) is 0 Å². The largest absolute Gasteiger partial charge is 0.383 e. The smallest absolute Gasteiger partial charge is 0.254 e. The van der Waals surface area contributed by atoms with Gasteiger partial charge in [-0.05, 0) is 0 Å². The van der Waals surface area contributed by atoms with Gasteiger partial charge in [0, 0.05) is 6.20 Å². The van der Waals surface area contributed by atoms with Gasteiger partial charge in [0.25, 0.3) is 5.78 Å². The van der Waals surface area contributed by atoms with Crippen LogP contribution in [-0.2, 0) is 0 Å². The number of hydrogen-bond acceptors (Lipinski definition) is 6. The van der Waals surface area contributed by atoms with E-state index in [2.05, 4.69) is 25.0 Å². The molecule has 0 aliphatic heterocycles. The highest BCUT2D eigenvalue weighted by atomic mass is 15.3. The van der Waals surface area contributed by atoms with Gasteiger partial charge < -0.3 is 5.73 Å². The molecule has 3 aromatic heterocycles. The van der Waals surface area contributed by atoms with Crippen molar-refractivity contribution < 1.29 is 0 Å². The fourth-order valence-electron chi connectivity index (χ4n) is 1.29. The molecular weight excluding hydrogens is 182 g/mol. The highest BCUT2D eigenvalue weighted by molar-refractivity contribution is 5.85. The molecule has 0 aliphatic rings. The lowest BCUT2D eigenvalue weighted by molar-refractivity contribution is 0.957. The summed E-state index contributed by atoms with van der Waals surface area (Å²) in [6, 6.07) is 0. The Labute approximate surface area is 77.6 Å². The molecule has 68 valence electrons. The van der Waals surface area contributed by atoms with Crippen molar-refractivity contribution in [2.75, 3.05) is 5.73 Å². The van der Waals surface area contributed by atoms with E-state index in [1.807, 2.05) is 0 Å². The Morgan fingerprint density at radius 3 is 2.93 bits per heavy atom. The topological polar surface area (TPSA) is 94.9 Å². The molecule has 0 aromatic carbocycles. The van der Waals surface area contributed by atoms with Gasteiger partial charge in [0.05, 0.1) is 5.39 Å². The molecule has 0 saturated carbocycles. The third-order valence-electron chi connectivity index (χ3n) is 1.93. The van der Waals surface area contributed by atoms with Gasteiger partial charge >= 0.3 is 0 Å². The van der Waals surface area contributed by atoms with E-state index in [0.717, 1.165) is 0 Å². The van der Waals surface area contributed by atoms with E-state index >= 15 is 0 Å². The molecular formula is C7H5N7. The Hall–Kier alpha value is -2.31. The summed E-state index contributed by atoms with van der Waals surface area (Å²) in [7, 11) is 0. The Bertz CT molecular complexity index is 614. The highest BCUT2D eigenvalue weighted by Crippen LogP contribution is 2.14. The van der Waals surface area contributed by atoms with Crippen LogP contribution in [0.15, 0.2) is 18.9 Å². The first-order valence-corrected chi connectivity index (χ1v) is 3.91. The van der Waals surface area contributed by atoms with E-state index in [0.29, 0.717) is 22.6 Å². The molecule has 0 amide bonds. The summed E-state index contributed by atoms with van der Waals surface area (Å²) in [5.74, 6) is 0.885. The lowest BCUT2D eigenvalue weighted by atomic mass is 10.4. The molecule has 7 nitrogen and oxygen atoms in total. The second-order valence-electron chi connectivity index (χ2n) is 2.73. The second-order valence-corrected chi connectivity index (χ2v) is 2.73. The van der Waals surface area contributed by atoms with Crippen LogP contribution in [0, 0.1) is 0 Å². The number of aromatic nitrogens is 6. The molecule has 0 aliphatic carbocycles. The van der Waals surface area contributed by atoms with E-state index in [4.69, 9.17) is 5.73 Å². The predicted molar refractivity (Wildman–Crippen MR) is 48.3 cm³/mol. The molecule has 3 aromatic rings. The maximum absolute atomic E-state index is 5.66. The van der Waals surface area contributed by atoms with Crippen LogP contribution in [0.1, 0.15) is 0 Å². The monoisotopic (exact) mass is 187 g/mol. The maximum Gasteiger partial charge on any atom is 0.254 e. The predicted octanol–water partition coefficient (Wildman–Crippen LogP) is -0.350. The van der Waals surface area contributed by atoms with Gasteiger partial charge in [0.2, 0.25) is 0 Å². The van der Waals surface area contributed by atoms with Crippen molar-refractivity contribution in [1.82, 2.24) is 29.5 Å². The normalized spacial score (nSPS) is 11.1. The number of nitrogens with two attached hydrogens (primary N) is 1. The van der Waals surface area contributed by atoms with Crippen molar-refractivity contribution in [3.8, 4) is 0 Å². The Balaban J connectivity index is 2.64. The van der Waals surface area contributed by atoms with E-state index < -0.39 is 0 Å². The minimum Gasteiger partial charge on any atom is -0.383 e. The fraction of sp³-hybridized carbons (Fsp3) is 0. The van der Waals surface area contributed by atoms with Gasteiger partial charge in [-0.25, -0.2) is 15.0 Å². The van der Waals surface area contributed by atoms with E-state index in [1.165, 1.54) is 17.2 Å². The van der Waals surface area contributed by atoms with Gasteiger partial charge in [-0.2, -0.15) is 14.6 Å². The maximum atomic E-state index is 5.66. The molecule has 0 bridgehead atoms. The summed E-state index contributed by atoms with van der Waals surface area (Å²) < 4.78 is 1.52. The van der Waals surface area contributed by atoms with Crippen molar-refractivity contribution >= 4 is 22.6 Å². The molecule has 0 unspecified atom stereocenters. The summed E-state index contributed by atoms with van der Waals surface area (Å²) in [6.07, 6.45) is 4.40. The number of hydrogen-bond donors (Lipinski definition) is 1. The van der Waals surface area contributed by atoms with Gasteiger partial charge in [0.15, 0.2) is 5.65 Å². The van der Waals surface area contributed by atoms with Crippen molar-refractivity contribution in [2.24, 2.45) is 0 Å². The van der Waals surface area contributed by atoms with Gasteiger partial charge in [-0.1, -0.05) is 0 Å². The van der Waals surface area contributed by atoms with E-state index in [1.54, 1.807) is 6.20 Å². The zero-order chi connectivity index (χ0) is 9.54. The first kappa shape index (κ1) is 7.13. The van der Waals surface area contributed by atoms with Crippen molar-refractivity contribution in [2.45, 2.75) is 0 Å². The lowest BCUT2D eigenvalue weighted by Crippen LogP contribution is -2.00. The molecule has 3 heterocycles. The van der Waals surface area contributed by atoms with Crippen LogP contribution in [0.2, 0.25) is 0 Å². The number of nitrogens with zero attached hydrogens (tertiary/aromatic N) is 6. The quantitative estimate of drug-likeness (QED) is 0.516. The van der Waals surface area contributed by atoms with Crippen LogP contribution in [0.3, 0.4) is 0 Å². The van der Waals surface area contributed by atoms with Crippen LogP contribution >= 0.6 is 0 Å². The van der Waals surface area contributed by atoms with Crippen LogP contribution in [0.5, 0.6) is 0 Å². The van der Waals surface area contributed by atoms with Crippen LogP contribution in [0.4, 0.5) is 5.82 Å². The SMILES string of the molecule is Nc1ncnc2c1cnc1ncnn12.